The summed E-state index contributed by atoms with van der Waals surface area (Å²) in [6.07, 6.45) is -3.93. The standard InChI is InChI=1S/C6H10O7.K.Sb.3H/c7-1-2-13-6(12)4(9)3(8)5(10)11;;;;;/h3-4,7-9H,1-2H2,(H,10,11);;;;;/q;;+1;;;/p-1. The second-order valence-corrected chi connectivity index (χ2v) is 2.89. The minimum absolute atomic E-state index is 0. The van der Waals surface area contributed by atoms with Crippen LogP contribution in [0.5, 0.6) is 0 Å². The van der Waals surface area contributed by atoms with Gasteiger partial charge in [-0.1, -0.05) is 0 Å². The van der Waals surface area contributed by atoms with Crippen LogP contribution >= 0.6 is 0 Å². The van der Waals surface area contributed by atoms with Gasteiger partial charge in [0.05, 0.1) is 0 Å². The Bertz CT molecular complexity index is 212. The molecule has 2 atom stereocenters. The van der Waals surface area contributed by atoms with Gasteiger partial charge >= 0.3 is 145 Å². The van der Waals surface area contributed by atoms with Crippen molar-refractivity contribution in [2.24, 2.45) is 0 Å². The molecular formula is C6H12KO7Sb. The van der Waals surface area contributed by atoms with Gasteiger partial charge in [-0.05, 0) is 0 Å². The van der Waals surface area contributed by atoms with Crippen LogP contribution in [0.15, 0.2) is 0 Å². The average Bonchev–Trinajstić information content (AvgIpc) is 2.22. The predicted molar refractivity (Wildman–Crippen MR) is 51.8 cm³/mol. The number of hydrogen-bond donors (Lipinski definition) is 3. The van der Waals surface area contributed by atoms with Gasteiger partial charge in [-0.2, -0.15) is 0 Å². The molecule has 84 valence electrons. The summed E-state index contributed by atoms with van der Waals surface area (Å²) in [6.45, 7) is -0.711. The van der Waals surface area contributed by atoms with Gasteiger partial charge in [-0.15, -0.1) is 0 Å². The van der Waals surface area contributed by atoms with Crippen molar-refractivity contribution in [1.82, 2.24) is 0 Å². The summed E-state index contributed by atoms with van der Waals surface area (Å²) in [5, 5.41) is 26.3. The number of carbonyl (C=O) groups is 2. The molecule has 0 saturated carbocycles. The molecule has 0 fully saturated rings. The van der Waals surface area contributed by atoms with Crippen molar-refractivity contribution in [2.45, 2.75) is 12.2 Å². The van der Waals surface area contributed by atoms with Gasteiger partial charge in [0.2, 0.25) is 0 Å². The van der Waals surface area contributed by atoms with E-state index in [0.717, 1.165) is 0 Å². The third kappa shape index (κ3) is 7.25. The Morgan fingerprint density at radius 2 is 1.67 bits per heavy atom. The minimum atomic E-state index is -1.98. The van der Waals surface area contributed by atoms with Crippen molar-refractivity contribution in [3.8, 4) is 0 Å². The number of hydrogen-bond acceptors (Lipinski definition) is 7. The van der Waals surface area contributed by atoms with E-state index in [1.807, 2.05) is 0 Å². The maximum atomic E-state index is 10.8. The molecule has 0 aliphatic carbocycles. The van der Waals surface area contributed by atoms with Crippen molar-refractivity contribution in [1.29, 1.82) is 0 Å². The van der Waals surface area contributed by atoms with E-state index in [4.69, 9.17) is 15.3 Å². The Morgan fingerprint density at radius 3 is 2.07 bits per heavy atom. The molecule has 15 heavy (non-hydrogen) atoms. The first-order valence-corrected chi connectivity index (χ1v) is 4.93. The molecule has 0 spiro atoms. The molecule has 0 aliphatic rings. The van der Waals surface area contributed by atoms with Gasteiger partial charge in [-0.25, -0.2) is 0 Å². The van der Waals surface area contributed by atoms with Crippen molar-refractivity contribution in [3.05, 3.63) is 0 Å². The zero-order valence-electron chi connectivity index (χ0n) is 7.12. The number of carbonyl (C=O) groups excluding carboxylic acids is 2. The first-order chi connectivity index (χ1) is 6.54. The summed E-state index contributed by atoms with van der Waals surface area (Å²) in [5.74, 6) is -2.27. The van der Waals surface area contributed by atoms with Gasteiger partial charge in [0, 0.05) is 0 Å². The Kier molecular flexibility index (Phi) is 13.0. The molecule has 0 rings (SSSR count). The van der Waals surface area contributed by atoms with E-state index < -0.39 is 30.8 Å². The topological polar surface area (TPSA) is 113 Å². The third-order valence-corrected chi connectivity index (χ3v) is 1.90. The molecule has 0 heterocycles. The molecule has 7 nitrogen and oxygen atoms in total. The third-order valence-electron chi connectivity index (χ3n) is 1.23. The molecule has 9 heteroatoms. The number of aliphatic hydroxyl groups excluding tert-OH is 3. The zero-order valence-corrected chi connectivity index (χ0v) is 10.4. The van der Waals surface area contributed by atoms with Crippen LogP contribution in [-0.4, -0.2) is 128 Å². The van der Waals surface area contributed by atoms with E-state index in [0.29, 0.717) is 0 Å². The molecule has 0 radical (unpaired) electrons. The van der Waals surface area contributed by atoms with Crippen LogP contribution in [-0.2, 0) is 17.3 Å². The molecule has 2 unspecified atom stereocenters. The SMILES string of the molecule is O=C([O][SbH2])C(O)C(O)C(=O)OCCO.[KH]. The second kappa shape index (κ2) is 10.4. The molecule has 0 aromatic heterocycles. The summed E-state index contributed by atoms with van der Waals surface area (Å²) in [6, 6.07) is 0. The molecule has 0 aromatic carbocycles. The van der Waals surface area contributed by atoms with Gasteiger partial charge in [-0.3, -0.25) is 0 Å². The van der Waals surface area contributed by atoms with Crippen LogP contribution < -0.4 is 0 Å². The fourth-order valence-electron chi connectivity index (χ4n) is 0.559. The molecule has 0 aliphatic heterocycles. The number of rotatable bonds is 5. The summed E-state index contributed by atoms with van der Waals surface area (Å²) in [4.78, 5) is 21.5. The quantitative estimate of drug-likeness (QED) is 0.337. The fraction of sp³-hybridized carbons (Fsp3) is 0.667. The van der Waals surface area contributed by atoms with E-state index in [1.54, 1.807) is 0 Å². The van der Waals surface area contributed by atoms with Crippen LogP contribution in [0, 0.1) is 0 Å². The van der Waals surface area contributed by atoms with Crippen molar-refractivity contribution < 1.29 is 32.7 Å². The first kappa shape index (κ1) is 18.6. The van der Waals surface area contributed by atoms with E-state index in [9.17, 15) is 9.59 Å². The average molecular weight is 357 g/mol. The fourth-order valence-corrected chi connectivity index (χ4v) is 0.957. The Labute approximate surface area is 143 Å². The van der Waals surface area contributed by atoms with E-state index in [2.05, 4.69) is 7.75 Å². The second-order valence-electron chi connectivity index (χ2n) is 2.22. The Hall–Kier alpha value is 1.27. The first-order valence-electron chi connectivity index (χ1n) is 3.58. The van der Waals surface area contributed by atoms with Crippen LogP contribution in [0.1, 0.15) is 0 Å². The Morgan fingerprint density at radius 1 is 1.20 bits per heavy atom. The summed E-state index contributed by atoms with van der Waals surface area (Å²) >= 11 is 0.113. The maximum absolute atomic E-state index is 10.8. The number of aliphatic hydroxyl groups is 3. The number of ether oxygens (including phenoxy) is 1. The van der Waals surface area contributed by atoms with Gasteiger partial charge in [0.1, 0.15) is 0 Å². The summed E-state index contributed by atoms with van der Waals surface area (Å²) in [7, 11) is 0. The molecule has 3 N–H and O–H groups in total. The van der Waals surface area contributed by atoms with Crippen LogP contribution in [0.2, 0.25) is 0 Å². The molecule has 0 amide bonds. The molecule has 0 aromatic rings. The predicted octanol–water partition coefficient (Wildman–Crippen LogP) is -4.31. The summed E-state index contributed by atoms with van der Waals surface area (Å²) < 4.78 is 8.48. The van der Waals surface area contributed by atoms with Gasteiger partial charge in [0.15, 0.2) is 0 Å². The summed E-state index contributed by atoms with van der Waals surface area (Å²) in [5.41, 5.74) is 0. The van der Waals surface area contributed by atoms with E-state index in [1.165, 1.54) is 0 Å². The Balaban J connectivity index is 0. The van der Waals surface area contributed by atoms with E-state index >= 15 is 0 Å². The molecule has 0 bridgehead atoms. The van der Waals surface area contributed by atoms with Crippen molar-refractivity contribution >= 4 is 86.8 Å². The van der Waals surface area contributed by atoms with Crippen molar-refractivity contribution in [3.63, 3.8) is 0 Å². The van der Waals surface area contributed by atoms with Gasteiger partial charge in [0.25, 0.3) is 0 Å². The van der Waals surface area contributed by atoms with Crippen molar-refractivity contribution in [2.75, 3.05) is 13.2 Å². The molecule has 0 saturated heterocycles. The van der Waals surface area contributed by atoms with Crippen LogP contribution in [0.4, 0.5) is 0 Å². The molecular weight excluding hydrogens is 345 g/mol. The normalized spacial score (nSPS) is 13.3. The number of esters is 1. The zero-order chi connectivity index (χ0) is 11.1. The van der Waals surface area contributed by atoms with Crippen LogP contribution in [0.25, 0.3) is 0 Å². The van der Waals surface area contributed by atoms with Crippen LogP contribution in [0.3, 0.4) is 0 Å². The van der Waals surface area contributed by atoms with E-state index in [-0.39, 0.29) is 81.4 Å². The van der Waals surface area contributed by atoms with Gasteiger partial charge < -0.3 is 0 Å². The monoisotopic (exact) mass is 356 g/mol.